The number of amides is 2. The maximum atomic E-state index is 11.7. The number of carbonyl (C=O) groups excluding carboxylic acids is 2. The van der Waals surface area contributed by atoms with Crippen LogP contribution in [0.4, 0.5) is 0 Å². The predicted molar refractivity (Wildman–Crippen MR) is 83.2 cm³/mol. The number of hydrogen-bond donors (Lipinski definition) is 2. The van der Waals surface area contributed by atoms with Crippen molar-refractivity contribution in [3.63, 3.8) is 0 Å². The molecule has 1 aromatic carbocycles. The molecule has 8 heteroatoms. The second kappa shape index (κ2) is 7.56. The number of rotatable bonds is 5. The Kier molecular flexibility index (Phi) is 6.35. The normalized spacial score (nSPS) is 11.2. The van der Waals surface area contributed by atoms with Crippen LogP contribution in [0.5, 0.6) is 0 Å². The van der Waals surface area contributed by atoms with Crippen LogP contribution in [0.3, 0.4) is 0 Å². The van der Waals surface area contributed by atoms with E-state index in [1.807, 2.05) is 0 Å². The standard InChI is InChI=1S/C13H17BrN2O4S/c1-9(2)7-21(19,20)8-12(17)15-16-13(18)10-3-5-11(14)6-4-10/h3-6,9H,7-8H2,1-2H3,(H,15,17)(H,16,18). The lowest BCUT2D eigenvalue weighted by atomic mass is 10.2. The van der Waals surface area contributed by atoms with E-state index in [1.165, 1.54) is 0 Å². The Balaban J connectivity index is 2.50. The molecule has 0 unspecified atom stereocenters. The van der Waals surface area contributed by atoms with Crippen LogP contribution in [0, 0.1) is 5.92 Å². The van der Waals surface area contributed by atoms with Crippen molar-refractivity contribution in [2.45, 2.75) is 13.8 Å². The minimum atomic E-state index is -3.47. The van der Waals surface area contributed by atoms with Gasteiger partial charge < -0.3 is 0 Å². The first kappa shape index (κ1) is 17.6. The molecule has 0 atom stereocenters. The van der Waals surface area contributed by atoms with E-state index in [0.717, 1.165) is 4.47 Å². The third kappa shape index (κ3) is 6.72. The Bertz CT molecular complexity index is 612. The van der Waals surface area contributed by atoms with Gasteiger partial charge in [0.2, 0.25) is 0 Å². The molecular weight excluding hydrogens is 360 g/mol. The molecule has 0 fully saturated rings. The van der Waals surface area contributed by atoms with Crippen molar-refractivity contribution < 1.29 is 18.0 Å². The van der Waals surface area contributed by atoms with Crippen LogP contribution in [0.2, 0.25) is 0 Å². The highest BCUT2D eigenvalue weighted by Crippen LogP contribution is 2.10. The summed E-state index contributed by atoms with van der Waals surface area (Å²) in [6.07, 6.45) is 0. The Morgan fingerprint density at radius 2 is 1.71 bits per heavy atom. The van der Waals surface area contributed by atoms with Gasteiger partial charge in [-0.05, 0) is 30.2 Å². The van der Waals surface area contributed by atoms with Crippen molar-refractivity contribution in [1.29, 1.82) is 0 Å². The van der Waals surface area contributed by atoms with Crippen LogP contribution >= 0.6 is 15.9 Å². The zero-order valence-electron chi connectivity index (χ0n) is 11.7. The van der Waals surface area contributed by atoms with E-state index in [4.69, 9.17) is 0 Å². The van der Waals surface area contributed by atoms with Gasteiger partial charge in [-0.3, -0.25) is 20.4 Å². The molecule has 1 aromatic rings. The highest BCUT2D eigenvalue weighted by atomic mass is 79.9. The summed E-state index contributed by atoms with van der Waals surface area (Å²) in [4.78, 5) is 23.2. The first-order valence-electron chi connectivity index (χ1n) is 6.25. The van der Waals surface area contributed by atoms with Gasteiger partial charge in [0.15, 0.2) is 9.84 Å². The molecule has 6 nitrogen and oxygen atoms in total. The SMILES string of the molecule is CC(C)CS(=O)(=O)CC(=O)NNC(=O)c1ccc(Br)cc1. The molecule has 2 N–H and O–H groups in total. The zero-order valence-corrected chi connectivity index (χ0v) is 14.1. The van der Waals surface area contributed by atoms with Gasteiger partial charge in [0.05, 0.1) is 5.75 Å². The number of benzene rings is 1. The second-order valence-electron chi connectivity index (χ2n) is 4.96. The average Bonchev–Trinajstić information content (AvgIpc) is 2.34. The Morgan fingerprint density at radius 3 is 2.24 bits per heavy atom. The summed E-state index contributed by atoms with van der Waals surface area (Å²) >= 11 is 3.24. The highest BCUT2D eigenvalue weighted by Gasteiger charge is 2.18. The lowest BCUT2D eigenvalue weighted by Crippen LogP contribution is -2.44. The summed E-state index contributed by atoms with van der Waals surface area (Å²) in [6.45, 7) is 3.51. The fourth-order valence-corrected chi connectivity index (χ4v) is 3.47. The smallest absolute Gasteiger partial charge is 0.269 e. The van der Waals surface area contributed by atoms with E-state index in [2.05, 4.69) is 26.8 Å². The van der Waals surface area contributed by atoms with Gasteiger partial charge >= 0.3 is 0 Å². The number of hydrogen-bond acceptors (Lipinski definition) is 4. The minimum Gasteiger partial charge on any atom is -0.272 e. The highest BCUT2D eigenvalue weighted by molar-refractivity contribution is 9.10. The molecule has 0 aromatic heterocycles. The lowest BCUT2D eigenvalue weighted by Gasteiger charge is -2.09. The van der Waals surface area contributed by atoms with Crippen LogP contribution in [-0.2, 0) is 14.6 Å². The van der Waals surface area contributed by atoms with Gasteiger partial charge in [0.1, 0.15) is 5.75 Å². The molecule has 0 aliphatic rings. The zero-order chi connectivity index (χ0) is 16.0. The van der Waals surface area contributed by atoms with E-state index in [0.29, 0.717) is 5.56 Å². The van der Waals surface area contributed by atoms with E-state index in [1.54, 1.807) is 38.1 Å². The maximum Gasteiger partial charge on any atom is 0.269 e. The van der Waals surface area contributed by atoms with Crippen molar-refractivity contribution in [3.05, 3.63) is 34.3 Å². The monoisotopic (exact) mass is 376 g/mol. The fraction of sp³-hybridized carbons (Fsp3) is 0.385. The molecule has 0 saturated carbocycles. The molecule has 21 heavy (non-hydrogen) atoms. The Morgan fingerprint density at radius 1 is 1.14 bits per heavy atom. The molecule has 2 amide bonds. The topological polar surface area (TPSA) is 92.3 Å². The number of nitrogens with one attached hydrogen (secondary N) is 2. The van der Waals surface area contributed by atoms with Crippen molar-refractivity contribution in [2.75, 3.05) is 11.5 Å². The second-order valence-corrected chi connectivity index (χ2v) is 7.98. The van der Waals surface area contributed by atoms with Crippen LogP contribution in [-0.4, -0.2) is 31.7 Å². The molecule has 0 heterocycles. The summed E-state index contributed by atoms with van der Waals surface area (Å²) in [5.74, 6) is -2.05. The van der Waals surface area contributed by atoms with E-state index >= 15 is 0 Å². The van der Waals surface area contributed by atoms with Crippen LogP contribution < -0.4 is 10.9 Å². The number of sulfone groups is 1. The number of halogens is 1. The van der Waals surface area contributed by atoms with Gasteiger partial charge in [0, 0.05) is 10.0 Å². The van der Waals surface area contributed by atoms with Crippen molar-refractivity contribution >= 4 is 37.6 Å². The van der Waals surface area contributed by atoms with Crippen molar-refractivity contribution in [2.24, 2.45) is 5.92 Å². The number of carbonyl (C=O) groups is 2. The third-order valence-corrected chi connectivity index (χ3v) is 4.77. The van der Waals surface area contributed by atoms with Crippen LogP contribution in [0.15, 0.2) is 28.7 Å². The van der Waals surface area contributed by atoms with Crippen LogP contribution in [0.25, 0.3) is 0 Å². The van der Waals surface area contributed by atoms with E-state index < -0.39 is 27.4 Å². The average molecular weight is 377 g/mol. The quantitative estimate of drug-likeness (QED) is 0.757. The summed E-state index contributed by atoms with van der Waals surface area (Å²) in [7, 11) is -3.47. The fourth-order valence-electron chi connectivity index (χ4n) is 1.60. The summed E-state index contributed by atoms with van der Waals surface area (Å²) in [5, 5.41) is 0. The largest absolute Gasteiger partial charge is 0.272 e. The maximum absolute atomic E-state index is 11.7. The molecule has 0 spiro atoms. The molecule has 0 aliphatic carbocycles. The number of hydrazine groups is 1. The van der Waals surface area contributed by atoms with E-state index in [-0.39, 0.29) is 11.7 Å². The summed E-state index contributed by atoms with van der Waals surface area (Å²) < 4.78 is 24.1. The summed E-state index contributed by atoms with van der Waals surface area (Å²) in [5.41, 5.74) is 4.62. The van der Waals surface area contributed by atoms with Crippen molar-refractivity contribution in [1.82, 2.24) is 10.9 Å². The molecule has 1 rings (SSSR count). The first-order chi connectivity index (χ1) is 9.69. The van der Waals surface area contributed by atoms with Gasteiger partial charge in [-0.1, -0.05) is 29.8 Å². The molecule has 0 saturated heterocycles. The van der Waals surface area contributed by atoms with Gasteiger partial charge in [0.25, 0.3) is 11.8 Å². The molecule has 0 radical (unpaired) electrons. The van der Waals surface area contributed by atoms with Gasteiger partial charge in [-0.2, -0.15) is 0 Å². The minimum absolute atomic E-state index is 0.0554. The molecule has 116 valence electrons. The first-order valence-corrected chi connectivity index (χ1v) is 8.86. The van der Waals surface area contributed by atoms with Crippen LogP contribution in [0.1, 0.15) is 24.2 Å². The summed E-state index contributed by atoms with van der Waals surface area (Å²) in [6, 6.07) is 6.51. The van der Waals surface area contributed by atoms with Gasteiger partial charge in [-0.25, -0.2) is 8.42 Å². The van der Waals surface area contributed by atoms with E-state index in [9.17, 15) is 18.0 Å². The van der Waals surface area contributed by atoms with Gasteiger partial charge in [-0.15, -0.1) is 0 Å². The van der Waals surface area contributed by atoms with Crippen molar-refractivity contribution in [3.8, 4) is 0 Å². The molecule has 0 bridgehead atoms. The molecular formula is C13H17BrN2O4S. The lowest BCUT2D eigenvalue weighted by molar-refractivity contribution is -0.119. The predicted octanol–water partition coefficient (Wildman–Crippen LogP) is 1.28. The Hall–Kier alpha value is -1.41. The molecule has 0 aliphatic heterocycles. The third-order valence-electron chi connectivity index (χ3n) is 2.36. The Labute approximate surface area is 132 Å².